The zero-order valence-corrected chi connectivity index (χ0v) is 13.2. The summed E-state index contributed by atoms with van der Waals surface area (Å²) in [6.45, 7) is 5.07. The lowest BCUT2D eigenvalue weighted by Gasteiger charge is -2.26. The summed E-state index contributed by atoms with van der Waals surface area (Å²) in [6, 6.07) is 0. The summed E-state index contributed by atoms with van der Waals surface area (Å²) in [6.07, 6.45) is 2.38. The number of nitrogens with one attached hydrogen (secondary N) is 1. The lowest BCUT2D eigenvalue weighted by atomic mass is 9.98. The van der Waals surface area contributed by atoms with Crippen LogP contribution in [0.15, 0.2) is 11.2 Å². The van der Waals surface area contributed by atoms with Gasteiger partial charge in [-0.15, -0.1) is 0 Å². The van der Waals surface area contributed by atoms with Gasteiger partial charge in [-0.25, -0.2) is 13.4 Å². The van der Waals surface area contributed by atoms with E-state index in [2.05, 4.69) is 14.4 Å². The molecule has 1 unspecified atom stereocenters. The molecule has 114 valence electrons. The Balaban J connectivity index is 3.12. The van der Waals surface area contributed by atoms with Crippen LogP contribution >= 0.6 is 0 Å². The van der Waals surface area contributed by atoms with Crippen LogP contribution in [-0.4, -0.2) is 36.6 Å². The van der Waals surface area contributed by atoms with Gasteiger partial charge < -0.3 is 9.30 Å². The van der Waals surface area contributed by atoms with Crippen LogP contribution in [-0.2, 0) is 26.6 Å². The molecule has 20 heavy (non-hydrogen) atoms. The number of ether oxygens (including phenoxy) is 1. The number of hydrogen-bond donors (Lipinski definition) is 1. The zero-order valence-electron chi connectivity index (χ0n) is 12.4. The van der Waals surface area contributed by atoms with Crippen molar-refractivity contribution in [1.29, 1.82) is 0 Å². The van der Waals surface area contributed by atoms with Crippen LogP contribution in [0.1, 0.15) is 32.5 Å². The molecule has 0 bridgehead atoms. The first kappa shape index (κ1) is 16.6. The molecule has 0 radical (unpaired) electrons. The smallest absolute Gasteiger partial charge is 0.326 e. The molecule has 0 saturated carbocycles. The molecular formula is C12H21N3O4S. The standard InChI is InChI=1S/C12H21N3O4S/c1-6-7-12(3,11(16)19-5)14-20(17,18)10-8-15(4)9(2)13-10/h8,14H,6-7H2,1-5H3. The summed E-state index contributed by atoms with van der Waals surface area (Å²) >= 11 is 0. The molecule has 0 aliphatic rings. The van der Waals surface area contributed by atoms with Crippen molar-refractivity contribution in [1.82, 2.24) is 14.3 Å². The van der Waals surface area contributed by atoms with Gasteiger partial charge in [0.25, 0.3) is 10.0 Å². The number of rotatable bonds is 6. The van der Waals surface area contributed by atoms with Crippen molar-refractivity contribution in [2.45, 2.75) is 44.2 Å². The Morgan fingerprint density at radius 1 is 1.55 bits per heavy atom. The van der Waals surface area contributed by atoms with E-state index in [4.69, 9.17) is 0 Å². The van der Waals surface area contributed by atoms with E-state index < -0.39 is 21.5 Å². The lowest BCUT2D eigenvalue weighted by molar-refractivity contribution is -0.147. The highest BCUT2D eigenvalue weighted by molar-refractivity contribution is 7.89. The second kappa shape index (κ2) is 5.92. The topological polar surface area (TPSA) is 90.3 Å². The summed E-state index contributed by atoms with van der Waals surface area (Å²) in [7, 11) is -0.947. The summed E-state index contributed by atoms with van der Waals surface area (Å²) in [4.78, 5) is 15.8. The minimum absolute atomic E-state index is 0.108. The number of methoxy groups -OCH3 is 1. The Hall–Kier alpha value is -1.41. The largest absolute Gasteiger partial charge is 0.468 e. The first-order valence-corrected chi connectivity index (χ1v) is 7.77. The number of nitrogens with zero attached hydrogens (tertiary/aromatic N) is 2. The third kappa shape index (κ3) is 3.37. The van der Waals surface area contributed by atoms with Gasteiger partial charge in [0.05, 0.1) is 7.11 Å². The minimum Gasteiger partial charge on any atom is -0.468 e. The van der Waals surface area contributed by atoms with Crippen LogP contribution in [0.25, 0.3) is 0 Å². The normalized spacial score (nSPS) is 14.8. The Kier molecular flexibility index (Phi) is 4.93. The molecule has 8 heteroatoms. The average Bonchev–Trinajstić information content (AvgIpc) is 2.69. The van der Waals surface area contributed by atoms with Gasteiger partial charge in [-0.2, -0.15) is 4.72 Å². The molecule has 0 spiro atoms. The Labute approximate surface area is 119 Å². The predicted octanol–water partition coefficient (Wildman–Crippen LogP) is 0.739. The first-order chi connectivity index (χ1) is 9.16. The summed E-state index contributed by atoms with van der Waals surface area (Å²) < 4.78 is 33.3. The SMILES string of the molecule is CCCC(C)(NS(=O)(=O)c1cn(C)c(C)n1)C(=O)OC. The number of aromatic nitrogens is 2. The predicted molar refractivity (Wildman–Crippen MR) is 73.6 cm³/mol. The van der Waals surface area contributed by atoms with E-state index in [1.165, 1.54) is 20.2 Å². The van der Waals surface area contributed by atoms with Gasteiger partial charge in [0.1, 0.15) is 11.4 Å². The van der Waals surface area contributed by atoms with Crippen molar-refractivity contribution in [3.8, 4) is 0 Å². The van der Waals surface area contributed by atoms with E-state index in [1.54, 1.807) is 18.5 Å². The van der Waals surface area contributed by atoms with Crippen molar-refractivity contribution >= 4 is 16.0 Å². The van der Waals surface area contributed by atoms with Crippen molar-refractivity contribution in [3.05, 3.63) is 12.0 Å². The van der Waals surface area contributed by atoms with Crippen molar-refractivity contribution in [2.75, 3.05) is 7.11 Å². The van der Waals surface area contributed by atoms with E-state index >= 15 is 0 Å². The van der Waals surface area contributed by atoms with Gasteiger partial charge in [0.15, 0.2) is 5.03 Å². The van der Waals surface area contributed by atoms with Crippen LogP contribution in [0.3, 0.4) is 0 Å². The molecule has 1 atom stereocenters. The van der Waals surface area contributed by atoms with E-state index in [0.29, 0.717) is 18.7 Å². The van der Waals surface area contributed by atoms with Crippen LogP contribution in [0.5, 0.6) is 0 Å². The Bertz CT molecular complexity index is 574. The van der Waals surface area contributed by atoms with Crippen LogP contribution in [0, 0.1) is 6.92 Å². The molecule has 1 rings (SSSR count). The lowest BCUT2D eigenvalue weighted by Crippen LogP contribution is -2.52. The Morgan fingerprint density at radius 3 is 2.55 bits per heavy atom. The third-order valence-electron chi connectivity index (χ3n) is 3.11. The van der Waals surface area contributed by atoms with Crippen LogP contribution in [0.2, 0.25) is 0 Å². The number of carbonyl (C=O) groups excluding carboxylic acids is 1. The summed E-state index contributed by atoms with van der Waals surface area (Å²) in [5, 5.41) is -0.108. The number of sulfonamides is 1. The third-order valence-corrected chi connectivity index (χ3v) is 4.57. The van der Waals surface area contributed by atoms with Crippen molar-refractivity contribution in [2.24, 2.45) is 7.05 Å². The number of aryl methyl sites for hydroxylation is 2. The van der Waals surface area contributed by atoms with Gasteiger partial charge in [-0.05, 0) is 20.3 Å². The molecule has 1 aromatic heterocycles. The second-order valence-corrected chi connectivity index (χ2v) is 6.55. The fourth-order valence-corrected chi connectivity index (χ4v) is 3.36. The van der Waals surface area contributed by atoms with Gasteiger partial charge >= 0.3 is 5.97 Å². The van der Waals surface area contributed by atoms with Crippen LogP contribution < -0.4 is 4.72 Å². The molecule has 1 N–H and O–H groups in total. The van der Waals surface area contributed by atoms with Crippen molar-refractivity contribution in [3.63, 3.8) is 0 Å². The van der Waals surface area contributed by atoms with Gasteiger partial charge in [0.2, 0.25) is 0 Å². The van der Waals surface area contributed by atoms with E-state index in [9.17, 15) is 13.2 Å². The molecule has 7 nitrogen and oxygen atoms in total. The maximum atomic E-state index is 12.3. The highest BCUT2D eigenvalue weighted by Gasteiger charge is 2.38. The molecule has 1 heterocycles. The monoisotopic (exact) mass is 303 g/mol. The number of hydrogen-bond acceptors (Lipinski definition) is 5. The highest BCUT2D eigenvalue weighted by Crippen LogP contribution is 2.18. The van der Waals surface area contributed by atoms with E-state index in [1.807, 2.05) is 6.92 Å². The zero-order chi connectivity index (χ0) is 15.6. The molecule has 0 aromatic carbocycles. The molecule has 0 amide bonds. The quantitative estimate of drug-likeness (QED) is 0.783. The van der Waals surface area contributed by atoms with Gasteiger partial charge in [0, 0.05) is 13.2 Å². The average molecular weight is 303 g/mol. The maximum absolute atomic E-state index is 12.3. The maximum Gasteiger partial charge on any atom is 0.326 e. The van der Waals surface area contributed by atoms with Crippen LogP contribution in [0.4, 0.5) is 0 Å². The molecule has 0 saturated heterocycles. The minimum atomic E-state index is -3.88. The molecule has 0 aliphatic carbocycles. The van der Waals surface area contributed by atoms with Crippen molar-refractivity contribution < 1.29 is 17.9 Å². The fraction of sp³-hybridized carbons (Fsp3) is 0.667. The summed E-state index contributed by atoms with van der Waals surface area (Å²) in [5.74, 6) is -0.0452. The van der Waals surface area contributed by atoms with E-state index in [-0.39, 0.29) is 5.03 Å². The first-order valence-electron chi connectivity index (χ1n) is 6.28. The van der Waals surface area contributed by atoms with E-state index in [0.717, 1.165) is 0 Å². The summed E-state index contributed by atoms with van der Waals surface area (Å²) in [5.41, 5.74) is -1.30. The number of carbonyl (C=O) groups is 1. The second-order valence-electron chi connectivity index (χ2n) is 4.92. The Morgan fingerprint density at radius 2 is 2.15 bits per heavy atom. The highest BCUT2D eigenvalue weighted by atomic mass is 32.2. The molecular weight excluding hydrogens is 282 g/mol. The van der Waals surface area contributed by atoms with Gasteiger partial charge in [-0.1, -0.05) is 13.3 Å². The fourth-order valence-electron chi connectivity index (χ4n) is 1.92. The van der Waals surface area contributed by atoms with Gasteiger partial charge in [-0.3, -0.25) is 4.79 Å². The number of imidazole rings is 1. The molecule has 1 aromatic rings. The number of esters is 1. The molecule has 0 aliphatic heterocycles. The molecule has 0 fully saturated rings.